The Kier molecular flexibility index (Phi) is 6.51. The number of aryl methyl sites for hydroxylation is 1. The van der Waals surface area contributed by atoms with E-state index in [1.54, 1.807) is 13.8 Å². The molecule has 1 rings (SSSR count). The van der Waals surface area contributed by atoms with Crippen LogP contribution in [-0.2, 0) is 14.3 Å². The van der Waals surface area contributed by atoms with E-state index in [1.165, 1.54) is 0 Å². The van der Waals surface area contributed by atoms with Crippen molar-refractivity contribution in [2.75, 3.05) is 25.0 Å². The normalized spacial score (nSPS) is 10.2. The van der Waals surface area contributed by atoms with Crippen molar-refractivity contribution in [1.82, 2.24) is 15.5 Å². The van der Waals surface area contributed by atoms with Gasteiger partial charge in [0, 0.05) is 13.3 Å². The molecule has 1 amide bonds. The van der Waals surface area contributed by atoms with Crippen LogP contribution < -0.4 is 10.6 Å². The number of nitrogens with zero attached hydrogens (tertiary/aromatic N) is 2. The fraction of sp³-hybridized carbons (Fsp3) is 0.636. The van der Waals surface area contributed by atoms with Gasteiger partial charge in [0.2, 0.25) is 11.8 Å². The summed E-state index contributed by atoms with van der Waals surface area (Å²) in [6.07, 6.45) is 0.955. The first-order valence-corrected chi connectivity index (χ1v) is 6.08. The lowest BCUT2D eigenvalue weighted by atomic mass is 10.3. The van der Waals surface area contributed by atoms with Gasteiger partial charge in [-0.25, -0.2) is 0 Å². The number of rotatable bonds is 8. The topological polar surface area (TPSA) is 106 Å². The van der Waals surface area contributed by atoms with Crippen LogP contribution in [0.3, 0.4) is 0 Å². The molecule has 0 atom stereocenters. The number of esters is 1. The molecule has 8 nitrogen and oxygen atoms in total. The van der Waals surface area contributed by atoms with Crippen molar-refractivity contribution in [2.24, 2.45) is 0 Å². The van der Waals surface area contributed by atoms with Crippen LogP contribution in [0.4, 0.5) is 6.01 Å². The number of anilines is 1. The highest BCUT2D eigenvalue weighted by atomic mass is 16.5. The lowest BCUT2D eigenvalue weighted by molar-refractivity contribution is -0.143. The molecule has 1 aromatic heterocycles. The number of carbonyl (C=O) groups is 2. The summed E-state index contributed by atoms with van der Waals surface area (Å²) >= 11 is 0. The van der Waals surface area contributed by atoms with Gasteiger partial charge in [0.05, 0.1) is 13.2 Å². The zero-order valence-corrected chi connectivity index (χ0v) is 11.1. The zero-order valence-electron chi connectivity index (χ0n) is 11.1. The molecule has 0 saturated heterocycles. The van der Waals surface area contributed by atoms with E-state index in [0.717, 1.165) is 0 Å². The molecule has 0 bridgehead atoms. The van der Waals surface area contributed by atoms with Gasteiger partial charge in [-0.3, -0.25) is 14.9 Å². The maximum absolute atomic E-state index is 11.4. The molecule has 19 heavy (non-hydrogen) atoms. The van der Waals surface area contributed by atoms with Gasteiger partial charge in [-0.15, -0.1) is 5.10 Å². The molecule has 8 heteroatoms. The van der Waals surface area contributed by atoms with E-state index >= 15 is 0 Å². The summed E-state index contributed by atoms with van der Waals surface area (Å²) in [6, 6.07) is 0.0795. The molecular formula is C11H18N4O4. The lowest BCUT2D eigenvalue weighted by Gasteiger charge is -2.04. The van der Waals surface area contributed by atoms with Crippen LogP contribution in [0, 0.1) is 6.92 Å². The fourth-order valence-corrected chi connectivity index (χ4v) is 1.30. The fourth-order valence-electron chi connectivity index (χ4n) is 1.30. The van der Waals surface area contributed by atoms with Gasteiger partial charge >= 0.3 is 12.0 Å². The van der Waals surface area contributed by atoms with Crippen LogP contribution in [0.2, 0.25) is 0 Å². The molecule has 0 fully saturated rings. The SMILES string of the molecule is CCOC(=O)CCCNCC(=O)Nc1nnc(C)o1. The second-order valence-corrected chi connectivity index (χ2v) is 3.76. The van der Waals surface area contributed by atoms with Crippen LogP contribution in [-0.4, -0.2) is 41.8 Å². The summed E-state index contributed by atoms with van der Waals surface area (Å²) in [5.74, 6) is -0.118. The maximum atomic E-state index is 11.4. The summed E-state index contributed by atoms with van der Waals surface area (Å²) < 4.78 is 9.77. The second kappa shape index (κ2) is 8.20. The van der Waals surface area contributed by atoms with Gasteiger partial charge in [-0.05, 0) is 19.9 Å². The van der Waals surface area contributed by atoms with Gasteiger partial charge in [-0.2, -0.15) is 0 Å². The molecule has 0 aromatic carbocycles. The minimum Gasteiger partial charge on any atom is -0.466 e. The quantitative estimate of drug-likeness (QED) is 0.515. The van der Waals surface area contributed by atoms with Crippen LogP contribution >= 0.6 is 0 Å². The van der Waals surface area contributed by atoms with Gasteiger partial charge in [0.1, 0.15) is 0 Å². The Morgan fingerprint density at radius 1 is 1.37 bits per heavy atom. The molecule has 0 aliphatic heterocycles. The van der Waals surface area contributed by atoms with Crippen molar-refractivity contribution >= 4 is 17.9 Å². The number of aromatic nitrogens is 2. The lowest BCUT2D eigenvalue weighted by Crippen LogP contribution is -2.29. The van der Waals surface area contributed by atoms with Crippen LogP contribution in [0.15, 0.2) is 4.42 Å². The molecule has 0 spiro atoms. The second-order valence-electron chi connectivity index (χ2n) is 3.76. The number of carbonyl (C=O) groups excluding carboxylic acids is 2. The molecule has 1 aromatic rings. The van der Waals surface area contributed by atoms with E-state index in [9.17, 15) is 9.59 Å². The maximum Gasteiger partial charge on any atom is 0.322 e. The van der Waals surface area contributed by atoms with Crippen LogP contribution in [0.25, 0.3) is 0 Å². The predicted octanol–water partition coefficient (Wildman–Crippen LogP) is 0.249. The van der Waals surface area contributed by atoms with E-state index in [0.29, 0.717) is 31.9 Å². The number of nitrogens with one attached hydrogen (secondary N) is 2. The van der Waals surface area contributed by atoms with E-state index < -0.39 is 0 Å². The number of hydrogen-bond donors (Lipinski definition) is 2. The van der Waals surface area contributed by atoms with Gasteiger partial charge < -0.3 is 14.5 Å². The number of amides is 1. The van der Waals surface area contributed by atoms with E-state index in [2.05, 4.69) is 20.8 Å². The molecule has 1 heterocycles. The summed E-state index contributed by atoms with van der Waals surface area (Å²) in [6.45, 7) is 4.45. The minimum atomic E-state index is -0.278. The number of hydrogen-bond acceptors (Lipinski definition) is 7. The molecule has 106 valence electrons. The van der Waals surface area contributed by atoms with E-state index in [4.69, 9.17) is 9.15 Å². The van der Waals surface area contributed by atoms with Crippen molar-refractivity contribution in [1.29, 1.82) is 0 Å². The van der Waals surface area contributed by atoms with Gasteiger partial charge in [-0.1, -0.05) is 5.10 Å². The van der Waals surface area contributed by atoms with Gasteiger partial charge in [0.25, 0.3) is 0 Å². The molecule has 0 aliphatic rings. The summed E-state index contributed by atoms with van der Waals surface area (Å²) in [4.78, 5) is 22.5. The van der Waals surface area contributed by atoms with Crippen molar-refractivity contribution in [3.8, 4) is 0 Å². The zero-order chi connectivity index (χ0) is 14.1. The predicted molar refractivity (Wildman–Crippen MR) is 66.4 cm³/mol. The summed E-state index contributed by atoms with van der Waals surface area (Å²) in [5, 5.41) is 12.6. The first kappa shape index (κ1) is 15.1. The molecule has 0 radical (unpaired) electrons. The molecule has 0 unspecified atom stereocenters. The Bertz CT molecular complexity index is 419. The average Bonchev–Trinajstić information content (AvgIpc) is 2.74. The van der Waals surface area contributed by atoms with Crippen molar-refractivity contribution in [3.05, 3.63) is 5.89 Å². The van der Waals surface area contributed by atoms with Gasteiger partial charge in [0.15, 0.2) is 0 Å². The molecule has 2 N–H and O–H groups in total. The first-order chi connectivity index (χ1) is 9.11. The third-order valence-electron chi connectivity index (χ3n) is 2.10. The minimum absolute atomic E-state index is 0.0795. The highest BCUT2D eigenvalue weighted by Crippen LogP contribution is 2.02. The Morgan fingerprint density at radius 2 is 2.16 bits per heavy atom. The smallest absolute Gasteiger partial charge is 0.322 e. The monoisotopic (exact) mass is 270 g/mol. The molecule has 0 aliphatic carbocycles. The average molecular weight is 270 g/mol. The van der Waals surface area contributed by atoms with Crippen LogP contribution in [0.1, 0.15) is 25.7 Å². The third kappa shape index (κ3) is 6.51. The van der Waals surface area contributed by atoms with Crippen molar-refractivity contribution in [2.45, 2.75) is 26.7 Å². The Labute approximate surface area is 110 Å². The standard InChI is InChI=1S/C11H18N4O4/c1-3-18-10(17)5-4-6-12-7-9(16)13-11-15-14-8(2)19-11/h12H,3-7H2,1-2H3,(H,13,15,16). The first-order valence-electron chi connectivity index (χ1n) is 6.08. The molecular weight excluding hydrogens is 252 g/mol. The van der Waals surface area contributed by atoms with Crippen molar-refractivity contribution < 1.29 is 18.7 Å². The number of ether oxygens (including phenoxy) is 1. The summed E-state index contributed by atoms with van der Waals surface area (Å²) in [5.41, 5.74) is 0. The Morgan fingerprint density at radius 3 is 2.79 bits per heavy atom. The van der Waals surface area contributed by atoms with Crippen molar-refractivity contribution in [3.63, 3.8) is 0 Å². The van der Waals surface area contributed by atoms with E-state index in [-0.39, 0.29) is 24.4 Å². The highest BCUT2D eigenvalue weighted by molar-refractivity contribution is 5.90. The third-order valence-corrected chi connectivity index (χ3v) is 2.10. The Hall–Kier alpha value is -1.96. The highest BCUT2D eigenvalue weighted by Gasteiger charge is 2.07. The molecule has 0 saturated carbocycles. The van der Waals surface area contributed by atoms with E-state index in [1.807, 2.05) is 0 Å². The van der Waals surface area contributed by atoms with Crippen LogP contribution in [0.5, 0.6) is 0 Å². The Balaban J connectivity index is 2.06. The largest absolute Gasteiger partial charge is 0.466 e. The summed E-state index contributed by atoms with van der Waals surface area (Å²) in [7, 11) is 0.